The highest BCUT2D eigenvalue weighted by molar-refractivity contribution is 6.30. The lowest BCUT2D eigenvalue weighted by molar-refractivity contribution is -0.145. The molecular formula is C14H18ClFN2O3. The molecule has 0 aliphatic rings. The van der Waals surface area contributed by atoms with Gasteiger partial charge in [0.05, 0.1) is 25.3 Å². The van der Waals surface area contributed by atoms with Gasteiger partial charge in [0.15, 0.2) is 0 Å². The zero-order valence-corrected chi connectivity index (χ0v) is 12.9. The lowest BCUT2D eigenvalue weighted by Gasteiger charge is -2.19. The second-order valence-corrected chi connectivity index (χ2v) is 5.23. The fourth-order valence-corrected chi connectivity index (χ4v) is 1.99. The van der Waals surface area contributed by atoms with Gasteiger partial charge in [-0.15, -0.1) is 0 Å². The third-order valence-corrected chi connectivity index (χ3v) is 3.04. The van der Waals surface area contributed by atoms with Crippen molar-refractivity contribution in [2.24, 2.45) is 5.92 Å². The Kier molecular flexibility index (Phi) is 6.58. The Balaban J connectivity index is 2.51. The van der Waals surface area contributed by atoms with Gasteiger partial charge in [-0.05, 0) is 25.2 Å². The van der Waals surface area contributed by atoms with Crippen LogP contribution in [-0.2, 0) is 14.3 Å². The minimum atomic E-state index is -0.596. The van der Waals surface area contributed by atoms with E-state index in [-0.39, 0.29) is 35.0 Å². The summed E-state index contributed by atoms with van der Waals surface area (Å²) in [5.74, 6) is -1.66. The number of nitrogens with one attached hydrogen (secondary N) is 1. The van der Waals surface area contributed by atoms with Crippen molar-refractivity contribution in [1.29, 1.82) is 0 Å². The van der Waals surface area contributed by atoms with Gasteiger partial charge in [0, 0.05) is 11.6 Å². The molecule has 5 nitrogen and oxygen atoms in total. The number of hydrogen-bond donors (Lipinski definition) is 1. The van der Waals surface area contributed by atoms with E-state index in [1.54, 1.807) is 18.9 Å². The second kappa shape index (κ2) is 7.95. The molecule has 1 aromatic rings. The fourth-order valence-electron chi connectivity index (χ4n) is 1.83. The molecule has 0 saturated carbocycles. The van der Waals surface area contributed by atoms with Gasteiger partial charge in [-0.3, -0.25) is 14.5 Å². The first-order valence-corrected chi connectivity index (χ1v) is 6.72. The Hall–Kier alpha value is -1.66. The third-order valence-electron chi connectivity index (χ3n) is 2.81. The Bertz CT molecular complexity index is 525. The second-order valence-electron chi connectivity index (χ2n) is 4.79. The highest BCUT2D eigenvalue weighted by atomic mass is 35.5. The number of carbonyl (C=O) groups excluding carboxylic acids is 2. The number of esters is 1. The lowest BCUT2D eigenvalue weighted by atomic mass is 10.2. The van der Waals surface area contributed by atoms with E-state index in [4.69, 9.17) is 11.6 Å². The number of nitrogens with zero attached hydrogens (tertiary/aromatic N) is 1. The first-order chi connectivity index (χ1) is 9.83. The third kappa shape index (κ3) is 5.69. The summed E-state index contributed by atoms with van der Waals surface area (Å²) in [6.07, 6.45) is 0. The topological polar surface area (TPSA) is 58.6 Å². The van der Waals surface area contributed by atoms with E-state index in [1.165, 1.54) is 19.2 Å². The van der Waals surface area contributed by atoms with Crippen LogP contribution in [0.25, 0.3) is 0 Å². The van der Waals surface area contributed by atoms with Crippen molar-refractivity contribution in [3.05, 3.63) is 29.0 Å². The fraction of sp³-hybridized carbons (Fsp3) is 0.429. The summed E-state index contributed by atoms with van der Waals surface area (Å²) < 4.78 is 18.1. The van der Waals surface area contributed by atoms with Gasteiger partial charge >= 0.3 is 5.97 Å². The Morgan fingerprint density at radius 2 is 2.14 bits per heavy atom. The number of halogens is 2. The molecule has 1 rings (SSSR count). The number of carbonyl (C=O) groups is 2. The van der Waals surface area contributed by atoms with Crippen molar-refractivity contribution in [2.45, 2.75) is 6.92 Å². The molecular weight excluding hydrogens is 299 g/mol. The van der Waals surface area contributed by atoms with Crippen LogP contribution in [0.5, 0.6) is 0 Å². The molecule has 1 amide bonds. The maximum Gasteiger partial charge on any atom is 0.309 e. The van der Waals surface area contributed by atoms with Crippen LogP contribution >= 0.6 is 11.6 Å². The van der Waals surface area contributed by atoms with Crippen LogP contribution in [0.15, 0.2) is 18.2 Å². The molecule has 0 bridgehead atoms. The van der Waals surface area contributed by atoms with E-state index in [1.807, 2.05) is 0 Å². The largest absolute Gasteiger partial charge is 0.469 e. The average molecular weight is 317 g/mol. The van der Waals surface area contributed by atoms with Gasteiger partial charge in [0.25, 0.3) is 0 Å². The van der Waals surface area contributed by atoms with Gasteiger partial charge in [-0.1, -0.05) is 18.5 Å². The van der Waals surface area contributed by atoms with Crippen molar-refractivity contribution in [1.82, 2.24) is 4.90 Å². The van der Waals surface area contributed by atoms with Gasteiger partial charge in [-0.25, -0.2) is 4.39 Å². The molecule has 0 heterocycles. The molecule has 0 spiro atoms. The van der Waals surface area contributed by atoms with Crippen molar-refractivity contribution in [3.8, 4) is 0 Å². The van der Waals surface area contributed by atoms with Crippen molar-refractivity contribution in [3.63, 3.8) is 0 Å². The van der Waals surface area contributed by atoms with Crippen molar-refractivity contribution < 1.29 is 18.7 Å². The molecule has 0 aliphatic heterocycles. The number of likely N-dealkylation sites (N-methyl/N-ethyl adjacent to an activating group) is 1. The summed E-state index contributed by atoms with van der Waals surface area (Å²) in [5, 5.41) is 2.71. The van der Waals surface area contributed by atoms with Crippen LogP contribution < -0.4 is 5.32 Å². The van der Waals surface area contributed by atoms with Gasteiger partial charge in [0.2, 0.25) is 5.91 Å². The molecule has 1 unspecified atom stereocenters. The summed E-state index contributed by atoms with van der Waals surface area (Å²) in [7, 11) is 3.01. The molecule has 7 heteroatoms. The highest BCUT2D eigenvalue weighted by Gasteiger charge is 2.17. The molecule has 0 fully saturated rings. The smallest absolute Gasteiger partial charge is 0.309 e. The lowest BCUT2D eigenvalue weighted by Crippen LogP contribution is -2.35. The van der Waals surface area contributed by atoms with Crippen molar-refractivity contribution in [2.75, 3.05) is 32.6 Å². The zero-order chi connectivity index (χ0) is 16.0. The van der Waals surface area contributed by atoms with E-state index < -0.39 is 5.82 Å². The van der Waals surface area contributed by atoms with Gasteiger partial charge in [0.1, 0.15) is 5.82 Å². The van der Waals surface area contributed by atoms with Crippen LogP contribution in [0, 0.1) is 11.7 Å². The highest BCUT2D eigenvalue weighted by Crippen LogP contribution is 2.18. The molecule has 1 aromatic carbocycles. The quantitative estimate of drug-likeness (QED) is 0.817. The molecule has 1 N–H and O–H groups in total. The molecule has 0 saturated heterocycles. The number of benzene rings is 1. The minimum Gasteiger partial charge on any atom is -0.469 e. The van der Waals surface area contributed by atoms with Gasteiger partial charge in [-0.2, -0.15) is 0 Å². The first-order valence-electron chi connectivity index (χ1n) is 6.34. The van der Waals surface area contributed by atoms with Gasteiger partial charge < -0.3 is 10.1 Å². The molecule has 116 valence electrons. The Morgan fingerprint density at radius 3 is 2.71 bits per heavy atom. The van der Waals surface area contributed by atoms with E-state index in [0.29, 0.717) is 6.54 Å². The minimum absolute atomic E-state index is 0.0312. The van der Waals surface area contributed by atoms with Crippen molar-refractivity contribution >= 4 is 29.2 Å². The summed E-state index contributed by atoms with van der Waals surface area (Å²) in [4.78, 5) is 24.8. The Morgan fingerprint density at radius 1 is 1.48 bits per heavy atom. The number of rotatable bonds is 6. The first kappa shape index (κ1) is 17.4. The maximum absolute atomic E-state index is 13.5. The molecule has 1 atom stereocenters. The van der Waals surface area contributed by atoms with Crippen LogP contribution in [0.2, 0.25) is 5.02 Å². The predicted octanol–water partition coefficient (Wildman–Crippen LogP) is 2.16. The SMILES string of the molecule is COC(=O)C(C)CN(C)CC(=O)Nc1ccc(Cl)cc1F. The summed E-state index contributed by atoms with van der Waals surface area (Å²) >= 11 is 5.63. The molecule has 0 aliphatic carbocycles. The van der Waals surface area contributed by atoms with E-state index in [9.17, 15) is 14.0 Å². The molecule has 0 radical (unpaired) electrons. The standard InChI is InChI=1S/C14H18ClFN2O3/c1-9(14(20)21-3)7-18(2)8-13(19)17-12-5-4-10(15)6-11(12)16/h4-6,9H,7-8H2,1-3H3,(H,17,19). The number of methoxy groups -OCH3 is 1. The summed E-state index contributed by atoms with van der Waals surface area (Å²) in [5.41, 5.74) is 0.0683. The van der Waals surface area contributed by atoms with E-state index in [0.717, 1.165) is 6.07 Å². The molecule has 21 heavy (non-hydrogen) atoms. The van der Waals surface area contributed by atoms with Crippen LogP contribution in [0.4, 0.5) is 10.1 Å². The Labute approximate surface area is 128 Å². The summed E-state index contributed by atoms with van der Waals surface area (Å²) in [6, 6.07) is 4.01. The normalized spacial score (nSPS) is 12.1. The summed E-state index contributed by atoms with van der Waals surface area (Å²) in [6.45, 7) is 2.10. The van der Waals surface area contributed by atoms with Crippen LogP contribution in [0.1, 0.15) is 6.92 Å². The predicted molar refractivity (Wildman–Crippen MR) is 78.7 cm³/mol. The van der Waals surface area contributed by atoms with E-state index in [2.05, 4.69) is 10.1 Å². The van der Waals surface area contributed by atoms with Crippen LogP contribution in [-0.4, -0.2) is 44.0 Å². The average Bonchev–Trinajstić information content (AvgIpc) is 2.40. The number of anilines is 1. The number of ether oxygens (including phenoxy) is 1. The zero-order valence-electron chi connectivity index (χ0n) is 12.2. The van der Waals surface area contributed by atoms with Crippen LogP contribution in [0.3, 0.4) is 0 Å². The van der Waals surface area contributed by atoms with E-state index >= 15 is 0 Å². The monoisotopic (exact) mass is 316 g/mol. The molecule has 0 aromatic heterocycles. The number of hydrogen-bond acceptors (Lipinski definition) is 4. The number of amides is 1. The maximum atomic E-state index is 13.5.